The van der Waals surface area contributed by atoms with E-state index in [9.17, 15) is 9.59 Å². The van der Waals surface area contributed by atoms with Crippen LogP contribution in [0.25, 0.3) is 10.9 Å². The molecule has 0 atom stereocenters. The van der Waals surface area contributed by atoms with Crippen molar-refractivity contribution < 1.29 is 9.53 Å². The zero-order valence-electron chi connectivity index (χ0n) is 15.6. The molecule has 6 heteroatoms. The van der Waals surface area contributed by atoms with Crippen LogP contribution in [0, 0.1) is 0 Å². The quantitative estimate of drug-likeness (QED) is 0.697. The molecule has 0 aliphatic rings. The van der Waals surface area contributed by atoms with Crippen LogP contribution in [0.3, 0.4) is 0 Å². The highest BCUT2D eigenvalue weighted by molar-refractivity contribution is 5.78. The monoisotopic (exact) mass is 365 g/mol. The number of amides is 1. The van der Waals surface area contributed by atoms with Crippen molar-refractivity contribution in [3.63, 3.8) is 0 Å². The van der Waals surface area contributed by atoms with Gasteiger partial charge in [0.05, 0.1) is 24.6 Å². The van der Waals surface area contributed by atoms with Gasteiger partial charge in [0.2, 0.25) is 5.91 Å². The first kappa shape index (κ1) is 18.6. The summed E-state index contributed by atoms with van der Waals surface area (Å²) in [5.74, 6) is 1.21. The second-order valence-corrected chi connectivity index (χ2v) is 6.34. The molecule has 0 aliphatic carbocycles. The van der Waals surface area contributed by atoms with Crippen molar-refractivity contribution in [3.8, 4) is 5.75 Å². The van der Waals surface area contributed by atoms with Gasteiger partial charge in [-0.25, -0.2) is 4.98 Å². The smallest absolute Gasteiger partial charge is 0.258 e. The zero-order valence-corrected chi connectivity index (χ0v) is 15.6. The van der Waals surface area contributed by atoms with Gasteiger partial charge in [0.25, 0.3) is 5.56 Å². The van der Waals surface area contributed by atoms with E-state index in [2.05, 4.69) is 9.97 Å². The summed E-state index contributed by atoms with van der Waals surface area (Å²) in [6.07, 6.45) is 1.19. The largest absolute Gasteiger partial charge is 0.496 e. The molecule has 1 amide bonds. The first-order valence-corrected chi connectivity index (χ1v) is 9.00. The van der Waals surface area contributed by atoms with Crippen molar-refractivity contribution in [1.82, 2.24) is 14.9 Å². The topological polar surface area (TPSA) is 75.3 Å². The molecule has 0 bridgehead atoms. The zero-order chi connectivity index (χ0) is 19.2. The summed E-state index contributed by atoms with van der Waals surface area (Å²) >= 11 is 0. The molecule has 0 unspecified atom stereocenters. The minimum Gasteiger partial charge on any atom is -0.496 e. The highest BCUT2D eigenvalue weighted by Crippen LogP contribution is 2.20. The number of carbonyl (C=O) groups is 1. The molecule has 0 saturated carbocycles. The first-order chi connectivity index (χ1) is 13.1. The number of hydrogen-bond acceptors (Lipinski definition) is 4. The fourth-order valence-corrected chi connectivity index (χ4v) is 3.03. The Balaban J connectivity index is 1.92. The molecule has 1 heterocycles. The molecule has 3 aromatic rings. The minimum absolute atomic E-state index is 0.0132. The van der Waals surface area contributed by atoms with Crippen LogP contribution in [-0.4, -0.2) is 27.9 Å². The Labute approximate surface area is 157 Å². The molecule has 3 rings (SSSR count). The number of fused-ring (bicyclic) bond motifs is 1. The van der Waals surface area contributed by atoms with Crippen molar-refractivity contribution in [2.75, 3.05) is 7.11 Å². The normalized spacial score (nSPS) is 10.7. The van der Waals surface area contributed by atoms with E-state index >= 15 is 0 Å². The SMILES string of the molecule is CCCC(=O)N(Cc1nc2ccccc2c(=O)[nH]1)Cc1ccccc1OC. The summed E-state index contributed by atoms with van der Waals surface area (Å²) in [6.45, 7) is 2.59. The van der Waals surface area contributed by atoms with Crippen LogP contribution in [0.5, 0.6) is 5.75 Å². The number of aromatic amines is 1. The number of para-hydroxylation sites is 2. The molecule has 2 aromatic carbocycles. The molecular weight excluding hydrogens is 342 g/mol. The van der Waals surface area contributed by atoms with Gasteiger partial charge in [0.15, 0.2) is 0 Å². The lowest BCUT2D eigenvalue weighted by atomic mass is 10.1. The second-order valence-electron chi connectivity index (χ2n) is 6.34. The molecule has 1 aromatic heterocycles. The Hall–Kier alpha value is -3.15. The van der Waals surface area contributed by atoms with Gasteiger partial charge < -0.3 is 14.6 Å². The average Bonchev–Trinajstić information content (AvgIpc) is 2.68. The second kappa shape index (κ2) is 8.49. The Morgan fingerprint density at radius 2 is 1.85 bits per heavy atom. The van der Waals surface area contributed by atoms with Crippen LogP contribution >= 0.6 is 0 Å². The van der Waals surface area contributed by atoms with E-state index in [1.165, 1.54) is 0 Å². The molecule has 0 radical (unpaired) electrons. The summed E-state index contributed by atoms with van der Waals surface area (Å²) in [6, 6.07) is 14.8. The molecule has 6 nitrogen and oxygen atoms in total. The van der Waals surface area contributed by atoms with E-state index in [4.69, 9.17) is 4.74 Å². The van der Waals surface area contributed by atoms with Crippen molar-refractivity contribution in [3.05, 3.63) is 70.3 Å². The van der Waals surface area contributed by atoms with Crippen LogP contribution in [0.4, 0.5) is 0 Å². The number of aromatic nitrogens is 2. The molecule has 0 spiro atoms. The van der Waals surface area contributed by atoms with Crippen LogP contribution in [0.15, 0.2) is 53.3 Å². The van der Waals surface area contributed by atoms with Gasteiger partial charge in [-0.05, 0) is 24.6 Å². The van der Waals surface area contributed by atoms with E-state index in [1.54, 1.807) is 30.2 Å². The summed E-state index contributed by atoms with van der Waals surface area (Å²) in [5.41, 5.74) is 1.33. The molecule has 1 N–H and O–H groups in total. The maximum Gasteiger partial charge on any atom is 0.258 e. The number of H-pyrrole nitrogens is 1. The van der Waals surface area contributed by atoms with Gasteiger partial charge in [-0.3, -0.25) is 9.59 Å². The summed E-state index contributed by atoms with van der Waals surface area (Å²) in [4.78, 5) is 34.0. The van der Waals surface area contributed by atoms with E-state index < -0.39 is 0 Å². The maximum atomic E-state index is 12.7. The highest BCUT2D eigenvalue weighted by Gasteiger charge is 2.17. The van der Waals surface area contributed by atoms with Gasteiger partial charge in [-0.2, -0.15) is 0 Å². The lowest BCUT2D eigenvalue weighted by Crippen LogP contribution is -2.31. The number of nitrogens with one attached hydrogen (secondary N) is 1. The Kier molecular flexibility index (Phi) is 5.86. The predicted octanol–water partition coefficient (Wildman–Crippen LogP) is 3.26. The van der Waals surface area contributed by atoms with Gasteiger partial charge in [0, 0.05) is 18.5 Å². The molecule has 27 heavy (non-hydrogen) atoms. The van der Waals surface area contributed by atoms with Crippen LogP contribution in [0.2, 0.25) is 0 Å². The molecular formula is C21H23N3O3. The predicted molar refractivity (Wildman–Crippen MR) is 105 cm³/mol. The maximum absolute atomic E-state index is 12.7. The van der Waals surface area contributed by atoms with E-state index in [0.717, 1.165) is 17.7 Å². The third-order valence-electron chi connectivity index (χ3n) is 4.37. The highest BCUT2D eigenvalue weighted by atomic mass is 16.5. The van der Waals surface area contributed by atoms with E-state index in [-0.39, 0.29) is 18.0 Å². The first-order valence-electron chi connectivity index (χ1n) is 9.00. The van der Waals surface area contributed by atoms with Crippen molar-refractivity contribution in [1.29, 1.82) is 0 Å². The van der Waals surface area contributed by atoms with Crippen molar-refractivity contribution >= 4 is 16.8 Å². The number of benzene rings is 2. The number of nitrogens with zero attached hydrogens (tertiary/aromatic N) is 2. The van der Waals surface area contributed by atoms with Crippen molar-refractivity contribution in [2.45, 2.75) is 32.9 Å². The van der Waals surface area contributed by atoms with Gasteiger partial charge >= 0.3 is 0 Å². The fourth-order valence-electron chi connectivity index (χ4n) is 3.03. The number of rotatable bonds is 7. The summed E-state index contributed by atoms with van der Waals surface area (Å²) in [7, 11) is 1.61. The van der Waals surface area contributed by atoms with E-state index in [0.29, 0.717) is 29.7 Å². The van der Waals surface area contributed by atoms with Crippen molar-refractivity contribution in [2.24, 2.45) is 0 Å². The van der Waals surface area contributed by atoms with Crippen LogP contribution in [-0.2, 0) is 17.9 Å². The standard InChI is InChI=1S/C21H23N3O3/c1-3-8-20(25)24(13-15-9-4-7-12-18(15)27-2)14-19-22-17-11-6-5-10-16(17)21(26)23-19/h4-7,9-12H,3,8,13-14H2,1-2H3,(H,22,23,26). The Bertz CT molecular complexity index is 997. The van der Waals surface area contributed by atoms with Crippen LogP contribution < -0.4 is 10.3 Å². The molecule has 0 fully saturated rings. The summed E-state index contributed by atoms with van der Waals surface area (Å²) in [5, 5.41) is 0.539. The van der Waals surface area contributed by atoms with Crippen LogP contribution in [0.1, 0.15) is 31.2 Å². The lowest BCUT2D eigenvalue weighted by Gasteiger charge is -2.23. The number of carbonyl (C=O) groups excluding carboxylic acids is 1. The lowest BCUT2D eigenvalue weighted by molar-refractivity contribution is -0.132. The molecule has 140 valence electrons. The van der Waals surface area contributed by atoms with Gasteiger partial charge in [0.1, 0.15) is 11.6 Å². The average molecular weight is 365 g/mol. The Morgan fingerprint density at radius 3 is 2.63 bits per heavy atom. The Morgan fingerprint density at radius 1 is 1.11 bits per heavy atom. The van der Waals surface area contributed by atoms with E-state index in [1.807, 2.05) is 37.3 Å². The molecule has 0 aliphatic heterocycles. The number of methoxy groups -OCH3 is 1. The third kappa shape index (κ3) is 4.34. The summed E-state index contributed by atoms with van der Waals surface area (Å²) < 4.78 is 5.40. The third-order valence-corrected chi connectivity index (χ3v) is 4.37. The van der Waals surface area contributed by atoms with Gasteiger partial charge in [-0.15, -0.1) is 0 Å². The minimum atomic E-state index is -0.198. The number of ether oxygens (including phenoxy) is 1. The van der Waals surface area contributed by atoms with Gasteiger partial charge in [-0.1, -0.05) is 37.3 Å². The molecule has 0 saturated heterocycles. The number of hydrogen-bond donors (Lipinski definition) is 1. The fraction of sp³-hybridized carbons (Fsp3) is 0.286.